The maximum absolute atomic E-state index is 4.54. The Morgan fingerprint density at radius 1 is 1.14 bits per heavy atom. The smallest absolute Gasteiger partial charge is 0.226 e. The Balaban J connectivity index is 1.98. The van der Waals surface area contributed by atoms with Crippen LogP contribution >= 0.6 is 0 Å². The molecule has 2 heterocycles. The molecule has 0 aliphatic carbocycles. The molecule has 0 atom stereocenters. The summed E-state index contributed by atoms with van der Waals surface area (Å²) in [5.74, 6) is 2.25. The monoisotopic (exact) mass is 290 g/mol. The molecule has 0 bridgehead atoms. The summed E-state index contributed by atoms with van der Waals surface area (Å²) in [5, 5.41) is 6.62. The zero-order chi connectivity index (χ0) is 15.1. The lowest BCUT2D eigenvalue weighted by atomic mass is 10.1. The molecule has 0 fully saturated rings. The van der Waals surface area contributed by atoms with Crippen molar-refractivity contribution in [2.45, 2.75) is 46.5 Å². The van der Waals surface area contributed by atoms with Crippen molar-refractivity contribution in [1.29, 1.82) is 0 Å². The van der Waals surface area contributed by atoms with E-state index in [-0.39, 0.29) is 0 Å². The van der Waals surface area contributed by atoms with E-state index < -0.39 is 0 Å². The van der Waals surface area contributed by atoms with E-state index in [1.807, 2.05) is 0 Å². The number of nitrogens with zero attached hydrogens (tertiary/aromatic N) is 3. The van der Waals surface area contributed by atoms with Gasteiger partial charge in [0.05, 0.1) is 6.33 Å². The Bertz CT molecular complexity index is 548. The van der Waals surface area contributed by atoms with E-state index in [9.17, 15) is 0 Å². The molecule has 0 saturated carbocycles. The SMILES string of the molecule is CCCNc1nc(NCCCCC(C)C)c2[nH]cnc2n1. The minimum atomic E-state index is 0.640. The first-order chi connectivity index (χ1) is 10.2. The predicted octanol–water partition coefficient (Wildman–Crippen LogP) is 3.41. The fraction of sp³-hybridized carbons (Fsp3) is 0.667. The number of aromatic nitrogens is 4. The highest BCUT2D eigenvalue weighted by Crippen LogP contribution is 2.18. The standard InChI is InChI=1S/C15H26N6/c1-4-8-17-15-20-13(12-14(21-15)19-10-18-12)16-9-6-5-7-11(2)3/h10-11H,4-9H2,1-3H3,(H3,16,17,18,19,20,21). The second-order valence-electron chi connectivity index (χ2n) is 5.74. The predicted molar refractivity (Wildman–Crippen MR) is 87.6 cm³/mol. The summed E-state index contributed by atoms with van der Waals surface area (Å²) in [6, 6.07) is 0. The summed E-state index contributed by atoms with van der Waals surface area (Å²) in [7, 11) is 0. The average Bonchev–Trinajstić information content (AvgIpc) is 2.92. The summed E-state index contributed by atoms with van der Waals surface area (Å²) in [4.78, 5) is 16.3. The van der Waals surface area contributed by atoms with Crippen LogP contribution in [0, 0.1) is 5.92 Å². The number of unbranched alkanes of at least 4 members (excludes halogenated alkanes) is 1. The quantitative estimate of drug-likeness (QED) is 0.617. The third-order valence-corrected chi connectivity index (χ3v) is 3.32. The Morgan fingerprint density at radius 3 is 2.76 bits per heavy atom. The van der Waals surface area contributed by atoms with Crippen molar-refractivity contribution < 1.29 is 0 Å². The van der Waals surface area contributed by atoms with Gasteiger partial charge in [0.25, 0.3) is 0 Å². The zero-order valence-electron chi connectivity index (χ0n) is 13.2. The first-order valence-corrected chi connectivity index (χ1v) is 7.89. The lowest BCUT2D eigenvalue weighted by Gasteiger charge is -2.09. The van der Waals surface area contributed by atoms with Crippen molar-refractivity contribution in [2.75, 3.05) is 23.7 Å². The molecule has 0 saturated heterocycles. The second kappa shape index (κ2) is 7.81. The maximum Gasteiger partial charge on any atom is 0.226 e. The molecule has 0 unspecified atom stereocenters. The molecule has 2 rings (SSSR count). The largest absolute Gasteiger partial charge is 0.368 e. The van der Waals surface area contributed by atoms with Crippen molar-refractivity contribution in [3.8, 4) is 0 Å². The van der Waals surface area contributed by atoms with E-state index >= 15 is 0 Å². The van der Waals surface area contributed by atoms with Gasteiger partial charge in [-0.25, -0.2) is 4.98 Å². The summed E-state index contributed by atoms with van der Waals surface area (Å²) < 4.78 is 0. The molecule has 2 aromatic rings. The number of imidazole rings is 1. The van der Waals surface area contributed by atoms with Gasteiger partial charge in [-0.15, -0.1) is 0 Å². The molecule has 0 aliphatic heterocycles. The molecule has 0 aromatic carbocycles. The van der Waals surface area contributed by atoms with Gasteiger partial charge in [0.1, 0.15) is 5.52 Å². The molecule has 0 spiro atoms. The number of fused-ring (bicyclic) bond motifs is 1. The fourth-order valence-electron chi connectivity index (χ4n) is 2.16. The molecule has 0 aliphatic rings. The molecule has 0 amide bonds. The molecule has 3 N–H and O–H groups in total. The van der Waals surface area contributed by atoms with Crippen LogP contribution in [-0.2, 0) is 0 Å². The lowest BCUT2D eigenvalue weighted by Crippen LogP contribution is -2.09. The van der Waals surface area contributed by atoms with Crippen molar-refractivity contribution in [3.05, 3.63) is 6.33 Å². The fourth-order valence-corrected chi connectivity index (χ4v) is 2.16. The van der Waals surface area contributed by atoms with E-state index in [2.05, 4.69) is 51.3 Å². The van der Waals surface area contributed by atoms with E-state index in [4.69, 9.17) is 0 Å². The zero-order valence-corrected chi connectivity index (χ0v) is 13.2. The number of rotatable bonds is 9. The van der Waals surface area contributed by atoms with Crippen LogP contribution in [0.1, 0.15) is 46.5 Å². The van der Waals surface area contributed by atoms with Crippen molar-refractivity contribution in [1.82, 2.24) is 19.9 Å². The van der Waals surface area contributed by atoms with Gasteiger partial charge in [0, 0.05) is 13.1 Å². The molecular weight excluding hydrogens is 264 g/mol. The van der Waals surface area contributed by atoms with Gasteiger partial charge < -0.3 is 15.6 Å². The minimum absolute atomic E-state index is 0.640. The van der Waals surface area contributed by atoms with Crippen LogP contribution < -0.4 is 10.6 Å². The van der Waals surface area contributed by atoms with E-state index in [1.165, 1.54) is 12.8 Å². The molecule has 21 heavy (non-hydrogen) atoms. The van der Waals surface area contributed by atoms with E-state index in [0.717, 1.165) is 43.2 Å². The van der Waals surface area contributed by atoms with Gasteiger partial charge in [-0.3, -0.25) is 0 Å². The van der Waals surface area contributed by atoms with Crippen LogP contribution in [0.2, 0.25) is 0 Å². The van der Waals surface area contributed by atoms with Gasteiger partial charge in [-0.05, 0) is 18.8 Å². The molecule has 6 nitrogen and oxygen atoms in total. The van der Waals surface area contributed by atoms with Gasteiger partial charge in [0.2, 0.25) is 5.95 Å². The summed E-state index contributed by atoms with van der Waals surface area (Å²) in [6.07, 6.45) is 6.36. The highest BCUT2D eigenvalue weighted by molar-refractivity contribution is 5.83. The highest BCUT2D eigenvalue weighted by Gasteiger charge is 2.09. The molecular formula is C15H26N6. The van der Waals surface area contributed by atoms with Crippen LogP contribution in [0.15, 0.2) is 6.33 Å². The first-order valence-electron chi connectivity index (χ1n) is 7.89. The Morgan fingerprint density at radius 2 is 2.00 bits per heavy atom. The van der Waals surface area contributed by atoms with Gasteiger partial charge in [-0.2, -0.15) is 9.97 Å². The van der Waals surface area contributed by atoms with Crippen molar-refractivity contribution in [2.24, 2.45) is 5.92 Å². The number of H-pyrrole nitrogens is 1. The average molecular weight is 290 g/mol. The Hall–Kier alpha value is -1.85. The molecule has 0 radical (unpaired) electrons. The van der Waals surface area contributed by atoms with Crippen LogP contribution in [-0.4, -0.2) is 33.0 Å². The van der Waals surface area contributed by atoms with Crippen LogP contribution in [0.3, 0.4) is 0 Å². The number of anilines is 2. The van der Waals surface area contributed by atoms with Crippen molar-refractivity contribution in [3.63, 3.8) is 0 Å². The van der Waals surface area contributed by atoms with Crippen LogP contribution in [0.25, 0.3) is 11.2 Å². The Kier molecular flexibility index (Phi) is 5.78. The van der Waals surface area contributed by atoms with Crippen LogP contribution in [0.5, 0.6) is 0 Å². The minimum Gasteiger partial charge on any atom is -0.368 e. The normalized spacial score (nSPS) is 11.2. The van der Waals surface area contributed by atoms with Gasteiger partial charge in [0.15, 0.2) is 11.5 Å². The topological polar surface area (TPSA) is 78.5 Å². The highest BCUT2D eigenvalue weighted by atomic mass is 15.2. The lowest BCUT2D eigenvalue weighted by molar-refractivity contribution is 0.544. The summed E-state index contributed by atoms with van der Waals surface area (Å²) in [6.45, 7) is 8.43. The number of nitrogens with one attached hydrogen (secondary N) is 3. The summed E-state index contributed by atoms with van der Waals surface area (Å²) >= 11 is 0. The number of hydrogen-bond donors (Lipinski definition) is 3. The first kappa shape index (κ1) is 15.5. The van der Waals surface area contributed by atoms with E-state index in [1.54, 1.807) is 6.33 Å². The molecule has 2 aromatic heterocycles. The Labute approximate surface area is 126 Å². The summed E-state index contributed by atoms with van der Waals surface area (Å²) in [5.41, 5.74) is 1.58. The molecule has 116 valence electrons. The second-order valence-corrected chi connectivity index (χ2v) is 5.74. The van der Waals surface area contributed by atoms with Crippen molar-refractivity contribution >= 4 is 22.9 Å². The number of hydrogen-bond acceptors (Lipinski definition) is 5. The number of aromatic amines is 1. The van der Waals surface area contributed by atoms with Gasteiger partial charge >= 0.3 is 0 Å². The van der Waals surface area contributed by atoms with Gasteiger partial charge in [-0.1, -0.05) is 33.6 Å². The third kappa shape index (κ3) is 4.58. The van der Waals surface area contributed by atoms with Crippen LogP contribution in [0.4, 0.5) is 11.8 Å². The van der Waals surface area contributed by atoms with E-state index in [0.29, 0.717) is 11.6 Å². The third-order valence-electron chi connectivity index (χ3n) is 3.32. The molecule has 6 heteroatoms. The maximum atomic E-state index is 4.54.